The molecule has 0 unspecified atom stereocenters. The average Bonchev–Trinajstić information content (AvgIpc) is 2.53. The summed E-state index contributed by atoms with van der Waals surface area (Å²) in [4.78, 5) is 15.9. The first-order valence-electron chi connectivity index (χ1n) is 6.41. The fourth-order valence-electron chi connectivity index (χ4n) is 1.72. The van der Waals surface area contributed by atoms with E-state index in [2.05, 4.69) is 10.3 Å². The molecule has 2 aromatic rings. The van der Waals surface area contributed by atoms with E-state index in [-0.39, 0.29) is 12.5 Å². The Hall–Kier alpha value is -2.66. The smallest absolute Gasteiger partial charge is 0.249 e. The van der Waals surface area contributed by atoms with Gasteiger partial charge in [-0.05, 0) is 35.9 Å². The average molecular weight is 284 g/mol. The number of hydrogen-bond acceptors (Lipinski definition) is 4. The van der Waals surface area contributed by atoms with Gasteiger partial charge in [0.1, 0.15) is 11.6 Å². The summed E-state index contributed by atoms with van der Waals surface area (Å²) < 4.78 is 5.11. The monoisotopic (exact) mass is 284 g/mol. The van der Waals surface area contributed by atoms with Crippen LogP contribution in [0.15, 0.2) is 48.5 Å². The molecule has 2 rings (SSSR count). The molecule has 1 aromatic carbocycles. The van der Waals surface area contributed by atoms with Crippen molar-refractivity contribution in [2.75, 3.05) is 12.4 Å². The summed E-state index contributed by atoms with van der Waals surface area (Å²) in [5, 5.41) is 11.6. The van der Waals surface area contributed by atoms with Crippen molar-refractivity contribution in [1.82, 2.24) is 4.98 Å². The molecule has 21 heavy (non-hydrogen) atoms. The zero-order chi connectivity index (χ0) is 15.1. The summed E-state index contributed by atoms with van der Waals surface area (Å²) in [5.74, 6) is 0.845. The van der Waals surface area contributed by atoms with Gasteiger partial charge in [-0.15, -0.1) is 0 Å². The van der Waals surface area contributed by atoms with Crippen LogP contribution in [0.25, 0.3) is 6.08 Å². The van der Waals surface area contributed by atoms with Crippen molar-refractivity contribution < 1.29 is 14.6 Å². The molecule has 5 nitrogen and oxygen atoms in total. The van der Waals surface area contributed by atoms with Crippen LogP contribution in [-0.4, -0.2) is 23.1 Å². The van der Waals surface area contributed by atoms with E-state index in [9.17, 15) is 4.79 Å². The van der Waals surface area contributed by atoms with E-state index in [0.717, 1.165) is 11.3 Å². The van der Waals surface area contributed by atoms with E-state index in [1.54, 1.807) is 31.4 Å². The topological polar surface area (TPSA) is 71.5 Å². The molecule has 0 atom stereocenters. The normalized spacial score (nSPS) is 10.6. The SMILES string of the molecule is COc1cccc(/C=C/C(=O)Nc2cccc(CO)n2)c1. The van der Waals surface area contributed by atoms with Gasteiger partial charge in [0.05, 0.1) is 19.4 Å². The zero-order valence-corrected chi connectivity index (χ0v) is 11.6. The van der Waals surface area contributed by atoms with Crippen LogP contribution in [0, 0.1) is 0 Å². The van der Waals surface area contributed by atoms with E-state index in [1.165, 1.54) is 6.08 Å². The van der Waals surface area contributed by atoms with Crippen molar-refractivity contribution in [3.8, 4) is 5.75 Å². The van der Waals surface area contributed by atoms with Gasteiger partial charge in [-0.1, -0.05) is 18.2 Å². The van der Waals surface area contributed by atoms with Gasteiger partial charge in [-0.3, -0.25) is 4.79 Å². The van der Waals surface area contributed by atoms with Gasteiger partial charge in [0.15, 0.2) is 0 Å². The fourth-order valence-corrected chi connectivity index (χ4v) is 1.72. The summed E-state index contributed by atoms with van der Waals surface area (Å²) in [6, 6.07) is 12.5. The maximum atomic E-state index is 11.8. The highest BCUT2D eigenvalue weighted by Crippen LogP contribution is 2.13. The highest BCUT2D eigenvalue weighted by Gasteiger charge is 2.00. The van der Waals surface area contributed by atoms with Crippen LogP contribution in [0.4, 0.5) is 5.82 Å². The molecule has 0 aliphatic rings. The molecular weight excluding hydrogens is 268 g/mol. The van der Waals surface area contributed by atoms with Crippen molar-refractivity contribution in [1.29, 1.82) is 0 Å². The van der Waals surface area contributed by atoms with Crippen molar-refractivity contribution in [3.05, 3.63) is 59.8 Å². The third-order valence-electron chi connectivity index (χ3n) is 2.74. The fraction of sp³-hybridized carbons (Fsp3) is 0.125. The number of pyridine rings is 1. The number of carbonyl (C=O) groups is 1. The van der Waals surface area contributed by atoms with Gasteiger partial charge in [0, 0.05) is 6.08 Å². The third kappa shape index (κ3) is 4.43. The number of carbonyl (C=O) groups excluding carboxylic acids is 1. The van der Waals surface area contributed by atoms with Crippen LogP contribution in [0.1, 0.15) is 11.3 Å². The van der Waals surface area contributed by atoms with Gasteiger partial charge >= 0.3 is 0 Å². The Morgan fingerprint density at radius 3 is 2.90 bits per heavy atom. The molecule has 1 heterocycles. The minimum Gasteiger partial charge on any atom is -0.497 e. The van der Waals surface area contributed by atoms with E-state index >= 15 is 0 Å². The molecule has 1 aromatic heterocycles. The largest absolute Gasteiger partial charge is 0.497 e. The maximum Gasteiger partial charge on any atom is 0.249 e. The molecular formula is C16H16N2O3. The van der Waals surface area contributed by atoms with E-state index in [4.69, 9.17) is 9.84 Å². The number of rotatable bonds is 5. The number of aliphatic hydroxyl groups excluding tert-OH is 1. The summed E-state index contributed by atoms with van der Waals surface area (Å²) in [5.41, 5.74) is 1.37. The Kier molecular flexibility index (Phi) is 5.06. The molecule has 0 saturated carbocycles. The minimum atomic E-state index is -0.291. The molecule has 2 N–H and O–H groups in total. The summed E-state index contributed by atoms with van der Waals surface area (Å²) in [6.07, 6.45) is 3.11. The number of nitrogens with one attached hydrogen (secondary N) is 1. The van der Waals surface area contributed by atoms with Crippen molar-refractivity contribution in [2.24, 2.45) is 0 Å². The number of amides is 1. The highest BCUT2D eigenvalue weighted by atomic mass is 16.5. The lowest BCUT2D eigenvalue weighted by atomic mass is 10.2. The Morgan fingerprint density at radius 2 is 2.14 bits per heavy atom. The number of methoxy groups -OCH3 is 1. The van der Waals surface area contributed by atoms with Crippen LogP contribution >= 0.6 is 0 Å². The number of aliphatic hydroxyl groups is 1. The van der Waals surface area contributed by atoms with Gasteiger partial charge in [0.25, 0.3) is 0 Å². The quantitative estimate of drug-likeness (QED) is 0.826. The molecule has 0 aliphatic heterocycles. The van der Waals surface area contributed by atoms with E-state index in [1.807, 2.05) is 24.3 Å². The van der Waals surface area contributed by atoms with E-state index < -0.39 is 0 Å². The molecule has 0 saturated heterocycles. The van der Waals surface area contributed by atoms with Crippen molar-refractivity contribution in [2.45, 2.75) is 6.61 Å². The predicted molar refractivity (Wildman–Crippen MR) is 80.8 cm³/mol. The van der Waals surface area contributed by atoms with E-state index in [0.29, 0.717) is 11.5 Å². The second-order valence-corrected chi connectivity index (χ2v) is 4.27. The number of benzene rings is 1. The lowest BCUT2D eigenvalue weighted by Crippen LogP contribution is -2.09. The number of aromatic nitrogens is 1. The minimum absolute atomic E-state index is 0.163. The third-order valence-corrected chi connectivity index (χ3v) is 2.74. The molecule has 108 valence electrons. The second-order valence-electron chi connectivity index (χ2n) is 4.27. The van der Waals surface area contributed by atoms with Gasteiger partial charge in [0.2, 0.25) is 5.91 Å². The molecule has 0 fully saturated rings. The van der Waals surface area contributed by atoms with Crippen LogP contribution in [0.5, 0.6) is 5.75 Å². The lowest BCUT2D eigenvalue weighted by molar-refractivity contribution is -0.111. The Balaban J connectivity index is 2.01. The number of anilines is 1. The van der Waals surface area contributed by atoms with Gasteiger partial charge in [-0.25, -0.2) is 4.98 Å². The van der Waals surface area contributed by atoms with Gasteiger partial charge in [-0.2, -0.15) is 0 Å². The van der Waals surface area contributed by atoms with Gasteiger partial charge < -0.3 is 15.2 Å². The van der Waals surface area contributed by atoms with Crippen LogP contribution in [-0.2, 0) is 11.4 Å². The van der Waals surface area contributed by atoms with Crippen LogP contribution in [0.2, 0.25) is 0 Å². The maximum absolute atomic E-state index is 11.8. The molecule has 0 bridgehead atoms. The molecule has 0 aliphatic carbocycles. The first kappa shape index (κ1) is 14.7. The first-order valence-corrected chi connectivity index (χ1v) is 6.41. The molecule has 5 heteroatoms. The Bertz CT molecular complexity index is 653. The number of nitrogens with zero attached hydrogens (tertiary/aromatic N) is 1. The molecule has 1 amide bonds. The van der Waals surface area contributed by atoms with Crippen LogP contribution < -0.4 is 10.1 Å². The van der Waals surface area contributed by atoms with Crippen LogP contribution in [0.3, 0.4) is 0 Å². The Labute approximate surface area is 122 Å². The summed E-state index contributed by atoms with van der Waals surface area (Å²) >= 11 is 0. The summed E-state index contributed by atoms with van der Waals surface area (Å²) in [7, 11) is 1.59. The number of hydrogen-bond donors (Lipinski definition) is 2. The molecule has 0 spiro atoms. The van der Waals surface area contributed by atoms with Crippen molar-refractivity contribution in [3.63, 3.8) is 0 Å². The second kappa shape index (κ2) is 7.21. The lowest BCUT2D eigenvalue weighted by Gasteiger charge is -2.03. The van der Waals surface area contributed by atoms with Crippen molar-refractivity contribution >= 4 is 17.8 Å². The summed E-state index contributed by atoms with van der Waals surface area (Å²) in [6.45, 7) is -0.163. The standard InChI is InChI=1S/C16H16N2O3/c1-21-14-6-2-4-12(10-14)8-9-16(20)18-15-7-3-5-13(11-19)17-15/h2-10,19H,11H2,1H3,(H,17,18,20)/b9-8+. The highest BCUT2D eigenvalue weighted by molar-refractivity contribution is 6.01. The zero-order valence-electron chi connectivity index (χ0n) is 11.6. The predicted octanol–water partition coefficient (Wildman–Crippen LogP) is 2.23. The first-order chi connectivity index (χ1) is 10.2. The number of ether oxygens (including phenoxy) is 1. The Morgan fingerprint density at radius 1 is 1.33 bits per heavy atom. The molecule has 0 radical (unpaired) electrons.